The molecule has 78 valence electrons. The predicted octanol–water partition coefficient (Wildman–Crippen LogP) is 0.273. The molecule has 1 saturated heterocycles. The number of hydrogen-bond donors (Lipinski definition) is 1. The first-order chi connectivity index (χ1) is 7.16. The summed E-state index contributed by atoms with van der Waals surface area (Å²) in [5.41, 5.74) is 0.342. The first-order valence-corrected chi connectivity index (χ1v) is 4.34. The highest BCUT2D eigenvalue weighted by Gasteiger charge is 2.26. The summed E-state index contributed by atoms with van der Waals surface area (Å²) in [6, 6.07) is 0.988. The molecule has 2 rings (SSSR count). The number of imide groups is 1. The minimum Gasteiger partial charge on any atom is -0.311 e. The van der Waals surface area contributed by atoms with Crippen molar-refractivity contribution in [2.45, 2.75) is 6.54 Å². The molecule has 1 aliphatic heterocycles. The van der Waals surface area contributed by atoms with Gasteiger partial charge in [-0.15, -0.1) is 0 Å². The first kappa shape index (κ1) is 9.57. The minimum atomic E-state index is -0.490. The Labute approximate surface area is 84.9 Å². The molecule has 0 atom stereocenters. The van der Waals surface area contributed by atoms with Gasteiger partial charge >= 0.3 is 6.03 Å². The van der Waals surface area contributed by atoms with E-state index in [0.29, 0.717) is 5.56 Å². The van der Waals surface area contributed by atoms with Crippen LogP contribution in [0.5, 0.6) is 0 Å². The van der Waals surface area contributed by atoms with E-state index >= 15 is 0 Å². The molecule has 2 heterocycles. The van der Waals surface area contributed by atoms with Gasteiger partial charge in [0.15, 0.2) is 0 Å². The van der Waals surface area contributed by atoms with Crippen molar-refractivity contribution in [1.29, 1.82) is 0 Å². The zero-order valence-corrected chi connectivity index (χ0v) is 7.74. The number of nitrogens with zero attached hydrogens (tertiary/aromatic N) is 2. The Morgan fingerprint density at radius 2 is 2.33 bits per heavy atom. The Hall–Kier alpha value is -1.98. The number of pyridine rings is 1. The molecule has 0 spiro atoms. The van der Waals surface area contributed by atoms with Crippen molar-refractivity contribution in [3.05, 3.63) is 29.8 Å². The van der Waals surface area contributed by atoms with Crippen LogP contribution in [-0.2, 0) is 11.3 Å². The lowest BCUT2D eigenvalue weighted by Gasteiger charge is -2.12. The second-order valence-electron chi connectivity index (χ2n) is 3.18. The Kier molecular flexibility index (Phi) is 2.32. The Morgan fingerprint density at radius 1 is 1.53 bits per heavy atom. The molecule has 0 aromatic carbocycles. The van der Waals surface area contributed by atoms with Crippen molar-refractivity contribution in [3.63, 3.8) is 0 Å². The van der Waals surface area contributed by atoms with Crippen molar-refractivity contribution in [2.75, 3.05) is 6.54 Å². The molecule has 0 bridgehead atoms. The lowest BCUT2D eigenvalue weighted by molar-refractivity contribution is -0.118. The highest BCUT2D eigenvalue weighted by Crippen LogP contribution is 2.10. The molecule has 0 aliphatic carbocycles. The van der Waals surface area contributed by atoms with E-state index in [1.165, 1.54) is 17.2 Å². The Morgan fingerprint density at radius 3 is 2.93 bits per heavy atom. The molecule has 0 radical (unpaired) electrons. The van der Waals surface area contributed by atoms with E-state index in [1.54, 1.807) is 0 Å². The molecule has 1 aliphatic rings. The van der Waals surface area contributed by atoms with Crippen LogP contribution in [0.3, 0.4) is 0 Å². The first-order valence-electron chi connectivity index (χ1n) is 4.34. The number of carbonyl (C=O) groups is 2. The molecule has 6 heteroatoms. The normalized spacial score (nSPS) is 15.7. The zero-order valence-electron chi connectivity index (χ0n) is 7.74. The third kappa shape index (κ3) is 1.93. The fraction of sp³-hybridized carbons (Fsp3) is 0.222. The molecule has 5 nitrogen and oxygen atoms in total. The number of carbonyl (C=O) groups excluding carboxylic acids is 2. The van der Waals surface area contributed by atoms with Crippen molar-refractivity contribution < 1.29 is 14.0 Å². The summed E-state index contributed by atoms with van der Waals surface area (Å²) in [5, 5.41) is 2.12. The van der Waals surface area contributed by atoms with Crippen LogP contribution >= 0.6 is 0 Å². The van der Waals surface area contributed by atoms with Crippen LogP contribution in [0, 0.1) is 5.82 Å². The zero-order chi connectivity index (χ0) is 10.8. The molecular formula is C9H8FN3O2. The Balaban J connectivity index is 2.13. The largest absolute Gasteiger partial charge is 0.324 e. The van der Waals surface area contributed by atoms with E-state index in [4.69, 9.17) is 0 Å². The standard InChI is InChI=1S/C9H8FN3O2/c10-7-3-11-2-1-6(7)4-13-5-8(14)12-9(13)15/h1-3H,4-5H2,(H,12,14,15). The van der Waals surface area contributed by atoms with Gasteiger partial charge in [0, 0.05) is 11.8 Å². The number of aromatic nitrogens is 1. The summed E-state index contributed by atoms with van der Waals surface area (Å²) in [7, 11) is 0. The quantitative estimate of drug-likeness (QED) is 0.711. The summed E-state index contributed by atoms with van der Waals surface area (Å²) < 4.78 is 13.2. The third-order valence-corrected chi connectivity index (χ3v) is 2.09. The second kappa shape index (κ2) is 3.64. The molecule has 1 fully saturated rings. The van der Waals surface area contributed by atoms with Gasteiger partial charge in [0.25, 0.3) is 0 Å². The highest BCUT2D eigenvalue weighted by molar-refractivity contribution is 6.01. The van der Waals surface area contributed by atoms with E-state index in [0.717, 1.165) is 6.20 Å². The lowest BCUT2D eigenvalue weighted by atomic mass is 10.2. The van der Waals surface area contributed by atoms with Crippen molar-refractivity contribution in [3.8, 4) is 0 Å². The molecule has 0 unspecified atom stereocenters. The van der Waals surface area contributed by atoms with Gasteiger partial charge in [-0.25, -0.2) is 9.18 Å². The molecule has 1 aromatic heterocycles. The number of hydrogen-bond acceptors (Lipinski definition) is 3. The average molecular weight is 209 g/mol. The third-order valence-electron chi connectivity index (χ3n) is 2.09. The summed E-state index contributed by atoms with van der Waals surface area (Å²) in [6.45, 7) is 0.0481. The van der Waals surface area contributed by atoms with Crippen LogP contribution in [0.25, 0.3) is 0 Å². The van der Waals surface area contributed by atoms with E-state index in [9.17, 15) is 14.0 Å². The van der Waals surface area contributed by atoms with Crippen molar-refractivity contribution >= 4 is 11.9 Å². The number of urea groups is 1. The van der Waals surface area contributed by atoms with Gasteiger partial charge in [0.05, 0.1) is 12.7 Å². The number of nitrogens with one attached hydrogen (secondary N) is 1. The molecular weight excluding hydrogens is 201 g/mol. The molecule has 1 N–H and O–H groups in total. The highest BCUT2D eigenvalue weighted by atomic mass is 19.1. The molecule has 0 saturated carbocycles. The van der Waals surface area contributed by atoms with Gasteiger partial charge in [-0.2, -0.15) is 0 Å². The topological polar surface area (TPSA) is 62.3 Å². The van der Waals surface area contributed by atoms with Crippen molar-refractivity contribution in [1.82, 2.24) is 15.2 Å². The van der Waals surface area contributed by atoms with E-state index in [1.807, 2.05) is 0 Å². The Bertz CT molecular complexity index is 422. The van der Waals surface area contributed by atoms with Crippen LogP contribution < -0.4 is 5.32 Å². The van der Waals surface area contributed by atoms with Gasteiger partial charge in [-0.1, -0.05) is 0 Å². The van der Waals surface area contributed by atoms with E-state index < -0.39 is 11.8 Å². The van der Waals surface area contributed by atoms with Gasteiger partial charge in [-0.3, -0.25) is 15.1 Å². The summed E-state index contributed by atoms with van der Waals surface area (Å²) in [4.78, 5) is 26.8. The van der Waals surface area contributed by atoms with Crippen LogP contribution in [0.1, 0.15) is 5.56 Å². The smallest absolute Gasteiger partial charge is 0.311 e. The summed E-state index contributed by atoms with van der Waals surface area (Å²) in [5.74, 6) is -0.848. The summed E-state index contributed by atoms with van der Waals surface area (Å²) in [6.07, 6.45) is 2.51. The maximum absolute atomic E-state index is 13.2. The average Bonchev–Trinajstić information content (AvgIpc) is 2.49. The second-order valence-corrected chi connectivity index (χ2v) is 3.18. The predicted molar refractivity (Wildman–Crippen MR) is 48.1 cm³/mol. The maximum Gasteiger partial charge on any atom is 0.324 e. The number of halogens is 1. The fourth-order valence-electron chi connectivity index (χ4n) is 1.35. The monoisotopic (exact) mass is 209 g/mol. The SMILES string of the molecule is O=C1CN(Cc2ccncc2F)C(=O)N1. The number of amides is 3. The van der Waals surface area contributed by atoms with Crippen LogP contribution in [0.2, 0.25) is 0 Å². The van der Waals surface area contributed by atoms with Crippen LogP contribution in [0.4, 0.5) is 9.18 Å². The van der Waals surface area contributed by atoms with Gasteiger partial charge in [0.2, 0.25) is 5.91 Å². The van der Waals surface area contributed by atoms with Crippen LogP contribution in [-0.4, -0.2) is 28.4 Å². The van der Waals surface area contributed by atoms with Crippen molar-refractivity contribution in [2.24, 2.45) is 0 Å². The van der Waals surface area contributed by atoms with Crippen LogP contribution in [0.15, 0.2) is 18.5 Å². The molecule has 15 heavy (non-hydrogen) atoms. The minimum absolute atomic E-state index is 0.0272. The van der Waals surface area contributed by atoms with E-state index in [-0.39, 0.29) is 19.0 Å². The lowest BCUT2D eigenvalue weighted by Crippen LogP contribution is -2.28. The van der Waals surface area contributed by atoms with Gasteiger partial charge in [0.1, 0.15) is 12.4 Å². The fourth-order valence-corrected chi connectivity index (χ4v) is 1.35. The molecule has 3 amide bonds. The van der Waals surface area contributed by atoms with E-state index in [2.05, 4.69) is 10.3 Å². The molecule has 1 aromatic rings. The van der Waals surface area contributed by atoms with Gasteiger partial charge in [-0.05, 0) is 6.07 Å². The maximum atomic E-state index is 13.2. The summed E-state index contributed by atoms with van der Waals surface area (Å²) >= 11 is 0. The number of rotatable bonds is 2. The van der Waals surface area contributed by atoms with Gasteiger partial charge < -0.3 is 4.90 Å².